The SMILES string of the molecule is CC(C)(O)CNC(=O)C([NH])C(C)(C)C. The molecule has 4 heteroatoms. The molecule has 0 aliphatic heterocycles. The maximum Gasteiger partial charge on any atom is 0.239 e. The fourth-order valence-electron chi connectivity index (χ4n) is 0.799. The summed E-state index contributed by atoms with van der Waals surface area (Å²) in [5, 5.41) is 11.9. The van der Waals surface area contributed by atoms with E-state index in [0.29, 0.717) is 0 Å². The van der Waals surface area contributed by atoms with Gasteiger partial charge in [-0.3, -0.25) is 4.79 Å². The molecule has 0 aromatic rings. The molecule has 0 saturated carbocycles. The highest BCUT2D eigenvalue weighted by molar-refractivity contribution is 5.82. The molecule has 0 fully saturated rings. The van der Waals surface area contributed by atoms with E-state index >= 15 is 0 Å². The van der Waals surface area contributed by atoms with E-state index in [-0.39, 0.29) is 17.9 Å². The highest BCUT2D eigenvalue weighted by Crippen LogP contribution is 2.18. The number of rotatable bonds is 3. The van der Waals surface area contributed by atoms with Crippen LogP contribution < -0.4 is 11.1 Å². The molecular formula is C10H21N2O2. The van der Waals surface area contributed by atoms with Crippen molar-refractivity contribution in [1.29, 1.82) is 0 Å². The van der Waals surface area contributed by atoms with E-state index < -0.39 is 11.6 Å². The highest BCUT2D eigenvalue weighted by atomic mass is 16.3. The number of hydrogen-bond donors (Lipinski definition) is 2. The molecule has 0 aliphatic carbocycles. The Balaban J connectivity index is 4.11. The fraction of sp³-hybridized carbons (Fsp3) is 0.900. The molecular weight excluding hydrogens is 180 g/mol. The summed E-state index contributed by atoms with van der Waals surface area (Å²) in [6, 6.07) is -0.801. The zero-order valence-electron chi connectivity index (χ0n) is 9.64. The molecule has 3 N–H and O–H groups in total. The molecule has 0 bridgehead atoms. The average Bonchev–Trinajstić information content (AvgIpc) is 1.95. The lowest BCUT2D eigenvalue weighted by molar-refractivity contribution is -0.125. The molecule has 1 unspecified atom stereocenters. The van der Waals surface area contributed by atoms with Crippen LogP contribution in [0.3, 0.4) is 0 Å². The summed E-state index contributed by atoms with van der Waals surface area (Å²) in [6.45, 7) is 8.93. The standard InChI is InChI=1S/C10H21N2O2/c1-9(2,3)7(11)8(13)12-6-10(4,5)14/h7,11,14H,6H2,1-5H3,(H,12,13). The van der Waals surface area contributed by atoms with Crippen molar-refractivity contribution >= 4 is 5.91 Å². The topological polar surface area (TPSA) is 73.1 Å². The van der Waals surface area contributed by atoms with Gasteiger partial charge in [-0.15, -0.1) is 0 Å². The predicted octanol–water partition coefficient (Wildman–Crippen LogP) is 0.571. The van der Waals surface area contributed by atoms with Crippen LogP contribution in [0, 0.1) is 5.41 Å². The van der Waals surface area contributed by atoms with E-state index in [2.05, 4.69) is 5.32 Å². The van der Waals surface area contributed by atoms with Gasteiger partial charge in [0, 0.05) is 6.54 Å². The Kier molecular flexibility index (Phi) is 4.09. The normalized spacial score (nSPS) is 15.1. The molecule has 0 rings (SSSR count). The maximum atomic E-state index is 11.4. The Morgan fingerprint density at radius 1 is 1.36 bits per heavy atom. The van der Waals surface area contributed by atoms with Gasteiger partial charge in [0.2, 0.25) is 5.91 Å². The van der Waals surface area contributed by atoms with Crippen molar-refractivity contribution in [3.8, 4) is 0 Å². The zero-order valence-corrected chi connectivity index (χ0v) is 9.64. The van der Waals surface area contributed by atoms with Crippen LogP contribution in [0.25, 0.3) is 0 Å². The Morgan fingerprint density at radius 2 is 1.79 bits per heavy atom. The van der Waals surface area contributed by atoms with Gasteiger partial charge in [-0.2, -0.15) is 0 Å². The van der Waals surface area contributed by atoms with E-state index in [9.17, 15) is 9.90 Å². The van der Waals surface area contributed by atoms with E-state index in [1.807, 2.05) is 20.8 Å². The van der Waals surface area contributed by atoms with Crippen LogP contribution >= 0.6 is 0 Å². The summed E-state index contributed by atoms with van der Waals surface area (Å²) in [6.07, 6.45) is 0. The summed E-state index contributed by atoms with van der Waals surface area (Å²) >= 11 is 0. The van der Waals surface area contributed by atoms with Gasteiger partial charge in [-0.25, -0.2) is 5.73 Å². The first kappa shape index (κ1) is 13.4. The lowest BCUT2D eigenvalue weighted by Gasteiger charge is -2.26. The lowest BCUT2D eigenvalue weighted by atomic mass is 9.87. The molecule has 14 heavy (non-hydrogen) atoms. The minimum atomic E-state index is -0.923. The minimum Gasteiger partial charge on any atom is -0.389 e. The molecule has 0 aliphatic rings. The van der Waals surface area contributed by atoms with Crippen molar-refractivity contribution in [1.82, 2.24) is 11.1 Å². The van der Waals surface area contributed by atoms with E-state index in [4.69, 9.17) is 5.73 Å². The van der Waals surface area contributed by atoms with Crippen LogP contribution in [0.1, 0.15) is 34.6 Å². The van der Waals surface area contributed by atoms with Crippen LogP contribution in [0.4, 0.5) is 0 Å². The second-order valence-electron chi connectivity index (χ2n) is 5.33. The third-order valence-corrected chi connectivity index (χ3v) is 1.82. The minimum absolute atomic E-state index is 0.178. The van der Waals surface area contributed by atoms with Crippen molar-refractivity contribution in [2.24, 2.45) is 5.41 Å². The predicted molar refractivity (Wildman–Crippen MR) is 55.6 cm³/mol. The van der Waals surface area contributed by atoms with Crippen LogP contribution in [0.2, 0.25) is 0 Å². The highest BCUT2D eigenvalue weighted by Gasteiger charge is 2.28. The summed E-state index contributed by atoms with van der Waals surface area (Å²) < 4.78 is 0. The van der Waals surface area contributed by atoms with E-state index in [0.717, 1.165) is 0 Å². The van der Waals surface area contributed by atoms with Crippen molar-refractivity contribution in [3.05, 3.63) is 0 Å². The van der Waals surface area contributed by atoms with Crippen LogP contribution in [0.5, 0.6) is 0 Å². The quantitative estimate of drug-likeness (QED) is 0.700. The van der Waals surface area contributed by atoms with Crippen molar-refractivity contribution in [2.75, 3.05) is 6.54 Å². The molecule has 1 amide bonds. The number of carbonyl (C=O) groups excluding carboxylic acids is 1. The zero-order chi connectivity index (χ0) is 11.6. The lowest BCUT2D eigenvalue weighted by Crippen LogP contribution is -2.47. The first-order valence-corrected chi connectivity index (χ1v) is 4.75. The van der Waals surface area contributed by atoms with Crippen molar-refractivity contribution in [3.63, 3.8) is 0 Å². The van der Waals surface area contributed by atoms with Crippen LogP contribution in [-0.2, 0) is 4.79 Å². The number of aliphatic hydroxyl groups is 1. The molecule has 0 aromatic heterocycles. The number of carbonyl (C=O) groups is 1. The molecule has 1 atom stereocenters. The molecule has 0 heterocycles. The summed E-state index contributed by atoms with van der Waals surface area (Å²) in [4.78, 5) is 11.4. The van der Waals surface area contributed by atoms with Gasteiger partial charge in [0.1, 0.15) is 6.04 Å². The van der Waals surface area contributed by atoms with Gasteiger partial charge < -0.3 is 10.4 Å². The monoisotopic (exact) mass is 201 g/mol. The van der Waals surface area contributed by atoms with Crippen molar-refractivity contribution < 1.29 is 9.90 Å². The molecule has 0 aromatic carbocycles. The first-order valence-electron chi connectivity index (χ1n) is 4.75. The Bertz CT molecular complexity index is 201. The number of amides is 1. The van der Waals surface area contributed by atoms with Crippen LogP contribution in [0.15, 0.2) is 0 Å². The third kappa shape index (κ3) is 5.19. The van der Waals surface area contributed by atoms with Gasteiger partial charge in [0.15, 0.2) is 0 Å². The molecule has 0 spiro atoms. The van der Waals surface area contributed by atoms with Gasteiger partial charge in [0.05, 0.1) is 5.60 Å². The summed E-state index contributed by atoms with van der Waals surface area (Å²) in [5.41, 5.74) is 6.35. The molecule has 83 valence electrons. The third-order valence-electron chi connectivity index (χ3n) is 1.82. The Labute approximate surface area is 85.9 Å². The summed E-state index contributed by atoms with van der Waals surface area (Å²) in [5.74, 6) is -0.334. The first-order chi connectivity index (χ1) is 6.04. The van der Waals surface area contributed by atoms with Gasteiger partial charge >= 0.3 is 0 Å². The molecule has 1 radical (unpaired) electrons. The second-order valence-corrected chi connectivity index (χ2v) is 5.33. The largest absolute Gasteiger partial charge is 0.389 e. The summed E-state index contributed by atoms with van der Waals surface area (Å²) in [7, 11) is 0. The van der Waals surface area contributed by atoms with E-state index in [1.165, 1.54) is 0 Å². The molecule has 4 nitrogen and oxygen atoms in total. The fourth-order valence-corrected chi connectivity index (χ4v) is 0.799. The van der Waals surface area contributed by atoms with Gasteiger partial charge in [-0.1, -0.05) is 20.8 Å². The maximum absolute atomic E-state index is 11.4. The Hall–Kier alpha value is -0.610. The Morgan fingerprint density at radius 3 is 2.07 bits per heavy atom. The number of nitrogens with one attached hydrogen (secondary N) is 2. The average molecular weight is 201 g/mol. The second kappa shape index (κ2) is 4.28. The van der Waals surface area contributed by atoms with Gasteiger partial charge in [0.25, 0.3) is 0 Å². The number of hydrogen-bond acceptors (Lipinski definition) is 2. The van der Waals surface area contributed by atoms with Crippen LogP contribution in [-0.4, -0.2) is 29.2 Å². The molecule has 0 saturated heterocycles. The van der Waals surface area contributed by atoms with Crippen molar-refractivity contribution in [2.45, 2.75) is 46.3 Å². The van der Waals surface area contributed by atoms with E-state index in [1.54, 1.807) is 13.8 Å². The van der Waals surface area contributed by atoms with Gasteiger partial charge in [-0.05, 0) is 19.3 Å². The smallest absolute Gasteiger partial charge is 0.239 e.